The molecule has 10 aromatic rings. The minimum atomic E-state index is -0.187. The molecule has 0 saturated carbocycles. The van der Waals surface area contributed by atoms with Gasteiger partial charge in [0, 0.05) is 39.3 Å². The summed E-state index contributed by atoms with van der Waals surface area (Å²) in [6.07, 6.45) is 0. The third-order valence-corrected chi connectivity index (χ3v) is 12.1. The molecule has 0 N–H and O–H groups in total. The van der Waals surface area contributed by atoms with Gasteiger partial charge in [-0.2, -0.15) is 0 Å². The Labute approximate surface area is 332 Å². The molecule has 270 valence electrons. The summed E-state index contributed by atoms with van der Waals surface area (Å²) in [4.78, 5) is 2.38. The fourth-order valence-electron chi connectivity index (χ4n) is 9.20. The van der Waals surface area contributed by atoms with Gasteiger partial charge in [-0.15, -0.1) is 0 Å². The van der Waals surface area contributed by atoms with Gasteiger partial charge in [-0.05, 0) is 121 Å². The molecule has 0 saturated heterocycles. The summed E-state index contributed by atoms with van der Waals surface area (Å²) in [6, 6.07) is 72.6. The monoisotopic (exact) mass is 729 g/mol. The van der Waals surface area contributed by atoms with Crippen molar-refractivity contribution in [1.29, 1.82) is 0 Å². The Morgan fingerprint density at radius 3 is 1.65 bits per heavy atom. The predicted octanol–water partition coefficient (Wildman–Crippen LogP) is 15.5. The number of rotatable bonds is 6. The van der Waals surface area contributed by atoms with Crippen molar-refractivity contribution in [2.24, 2.45) is 0 Å². The number of nitrogens with zero attached hydrogens (tertiary/aromatic N) is 1. The van der Waals surface area contributed by atoms with Crippen LogP contribution in [-0.2, 0) is 5.41 Å². The first-order valence-electron chi connectivity index (χ1n) is 19.8. The highest BCUT2D eigenvalue weighted by Crippen LogP contribution is 2.54. The number of furan rings is 1. The molecule has 0 aliphatic heterocycles. The Bertz CT molecular complexity index is 3140. The van der Waals surface area contributed by atoms with Crippen LogP contribution in [0.3, 0.4) is 0 Å². The van der Waals surface area contributed by atoms with E-state index >= 15 is 0 Å². The molecule has 0 atom stereocenters. The molecular formula is C55H39NO. The topological polar surface area (TPSA) is 16.4 Å². The molecule has 0 fully saturated rings. The number of anilines is 3. The van der Waals surface area contributed by atoms with Gasteiger partial charge in [0.2, 0.25) is 0 Å². The maximum absolute atomic E-state index is 6.46. The summed E-state index contributed by atoms with van der Waals surface area (Å²) in [5.74, 6) is 0. The van der Waals surface area contributed by atoms with Crippen LogP contribution in [0.5, 0.6) is 0 Å². The summed E-state index contributed by atoms with van der Waals surface area (Å²) < 4.78 is 6.46. The molecule has 11 rings (SSSR count). The van der Waals surface area contributed by atoms with Gasteiger partial charge in [0.05, 0.1) is 0 Å². The Balaban J connectivity index is 1.08. The molecule has 1 aromatic heterocycles. The highest BCUT2D eigenvalue weighted by molar-refractivity contribution is 6.06. The van der Waals surface area contributed by atoms with Crippen LogP contribution < -0.4 is 4.90 Å². The summed E-state index contributed by atoms with van der Waals surface area (Å²) >= 11 is 0. The average molecular weight is 730 g/mol. The summed E-state index contributed by atoms with van der Waals surface area (Å²) in [7, 11) is 0. The lowest BCUT2D eigenvalue weighted by Gasteiger charge is -2.28. The molecule has 0 unspecified atom stereocenters. The normalized spacial score (nSPS) is 12.9. The Morgan fingerprint density at radius 2 is 0.930 bits per heavy atom. The summed E-state index contributed by atoms with van der Waals surface area (Å²) in [5, 5.41) is 4.72. The van der Waals surface area contributed by atoms with E-state index in [4.69, 9.17) is 4.42 Å². The van der Waals surface area contributed by atoms with Crippen LogP contribution >= 0.6 is 0 Å². The van der Waals surface area contributed by atoms with Crippen LogP contribution in [0.25, 0.3) is 77.2 Å². The number of hydrogen-bond acceptors (Lipinski definition) is 2. The van der Waals surface area contributed by atoms with Crippen LogP contribution in [0, 0.1) is 0 Å². The van der Waals surface area contributed by atoms with Crippen LogP contribution in [-0.4, -0.2) is 0 Å². The van der Waals surface area contributed by atoms with E-state index in [1.807, 2.05) is 12.1 Å². The third-order valence-electron chi connectivity index (χ3n) is 12.1. The second-order valence-corrected chi connectivity index (χ2v) is 15.7. The maximum Gasteiger partial charge on any atom is 0.137 e. The first-order valence-corrected chi connectivity index (χ1v) is 19.8. The summed E-state index contributed by atoms with van der Waals surface area (Å²) in [5.41, 5.74) is 17.5. The van der Waals surface area contributed by atoms with Crippen LogP contribution in [0.15, 0.2) is 205 Å². The Morgan fingerprint density at radius 1 is 0.368 bits per heavy atom. The molecule has 2 nitrogen and oxygen atoms in total. The molecule has 0 spiro atoms. The lowest BCUT2D eigenvalue weighted by Crippen LogP contribution is -2.16. The smallest absolute Gasteiger partial charge is 0.137 e. The van der Waals surface area contributed by atoms with Gasteiger partial charge in [0.1, 0.15) is 11.2 Å². The first kappa shape index (κ1) is 33.2. The van der Waals surface area contributed by atoms with Gasteiger partial charge >= 0.3 is 0 Å². The van der Waals surface area contributed by atoms with Crippen LogP contribution in [0.4, 0.5) is 17.1 Å². The number of fused-ring (bicyclic) bond motifs is 7. The van der Waals surface area contributed by atoms with Crippen LogP contribution in [0.2, 0.25) is 0 Å². The van der Waals surface area contributed by atoms with E-state index in [2.05, 4.69) is 207 Å². The van der Waals surface area contributed by atoms with Crippen molar-refractivity contribution < 1.29 is 4.42 Å². The SMILES string of the molecule is CC1(C)c2cc(N(c3ccc(-c4cc5ccccc5cc4-c4ccccc4)cc3)c3ccc4c(c3)oc3ccccc34)ccc2-c2c(-c3ccccc3)cccc21. The first-order chi connectivity index (χ1) is 28.0. The highest BCUT2D eigenvalue weighted by Gasteiger charge is 2.37. The molecular weight excluding hydrogens is 691 g/mol. The van der Waals surface area contributed by atoms with Crippen molar-refractivity contribution in [3.8, 4) is 44.5 Å². The van der Waals surface area contributed by atoms with E-state index in [1.54, 1.807) is 0 Å². The summed E-state index contributed by atoms with van der Waals surface area (Å²) in [6.45, 7) is 4.73. The predicted molar refractivity (Wildman–Crippen MR) is 240 cm³/mol. The quantitative estimate of drug-likeness (QED) is 0.169. The lowest BCUT2D eigenvalue weighted by molar-refractivity contribution is 0.660. The van der Waals surface area contributed by atoms with Gasteiger partial charge in [-0.1, -0.05) is 153 Å². The van der Waals surface area contributed by atoms with Gasteiger partial charge in [-0.3, -0.25) is 0 Å². The van der Waals surface area contributed by atoms with Crippen molar-refractivity contribution in [3.05, 3.63) is 211 Å². The van der Waals surface area contributed by atoms with Crippen molar-refractivity contribution in [2.45, 2.75) is 19.3 Å². The number of benzene rings is 9. The third kappa shape index (κ3) is 5.40. The van der Waals surface area contributed by atoms with Crippen molar-refractivity contribution in [3.63, 3.8) is 0 Å². The standard InChI is InChI=1S/C55H39NO/c1-55(2)50-22-13-21-44(36-14-5-3-6-15-36)54(50)47-31-29-42(34-51(47)55)56(43-28-30-46-45-20-11-12-23-52(45)57-53(46)35-43)41-26-24-38(25-27-41)49-33-40-19-10-9-18-39(40)32-48(49)37-16-7-4-8-17-37/h3-35H,1-2H3. The van der Waals surface area contributed by atoms with Gasteiger partial charge < -0.3 is 9.32 Å². The van der Waals surface area contributed by atoms with E-state index in [9.17, 15) is 0 Å². The lowest BCUT2D eigenvalue weighted by atomic mass is 9.81. The largest absolute Gasteiger partial charge is 0.456 e. The Kier molecular flexibility index (Phi) is 7.55. The molecule has 1 aliphatic rings. The fourth-order valence-corrected chi connectivity index (χ4v) is 9.20. The second-order valence-electron chi connectivity index (χ2n) is 15.7. The number of para-hydroxylation sites is 1. The molecule has 0 radical (unpaired) electrons. The molecule has 0 bridgehead atoms. The van der Waals surface area contributed by atoms with Gasteiger partial charge in [-0.25, -0.2) is 0 Å². The van der Waals surface area contributed by atoms with Crippen molar-refractivity contribution >= 4 is 49.8 Å². The van der Waals surface area contributed by atoms with Gasteiger partial charge in [0.25, 0.3) is 0 Å². The average Bonchev–Trinajstić information content (AvgIpc) is 3.75. The minimum Gasteiger partial charge on any atom is -0.456 e. The maximum atomic E-state index is 6.46. The zero-order valence-electron chi connectivity index (χ0n) is 31.9. The fraction of sp³-hybridized carbons (Fsp3) is 0.0545. The van der Waals surface area contributed by atoms with Gasteiger partial charge in [0.15, 0.2) is 0 Å². The van der Waals surface area contributed by atoms with Crippen molar-refractivity contribution in [2.75, 3.05) is 4.90 Å². The highest BCUT2D eigenvalue weighted by atomic mass is 16.3. The molecule has 1 heterocycles. The van der Waals surface area contributed by atoms with Crippen LogP contribution in [0.1, 0.15) is 25.0 Å². The van der Waals surface area contributed by atoms with E-state index in [1.165, 1.54) is 66.4 Å². The van der Waals surface area contributed by atoms with E-state index in [-0.39, 0.29) is 5.41 Å². The van der Waals surface area contributed by atoms with E-state index in [0.29, 0.717) is 0 Å². The van der Waals surface area contributed by atoms with E-state index in [0.717, 1.165) is 39.0 Å². The van der Waals surface area contributed by atoms with Crippen molar-refractivity contribution in [1.82, 2.24) is 0 Å². The van der Waals surface area contributed by atoms with E-state index < -0.39 is 0 Å². The number of hydrogen-bond donors (Lipinski definition) is 0. The molecule has 0 amide bonds. The zero-order valence-corrected chi connectivity index (χ0v) is 31.9. The Hall–Kier alpha value is -7.16. The minimum absolute atomic E-state index is 0.187. The zero-order chi connectivity index (χ0) is 38.1. The molecule has 1 aliphatic carbocycles. The molecule has 9 aromatic carbocycles. The molecule has 57 heavy (non-hydrogen) atoms. The molecule has 2 heteroatoms. The second kappa shape index (κ2) is 13.0.